The molecular weight excluding hydrogens is 477 g/mol. The molecule has 1 aliphatic rings. The summed E-state index contributed by atoms with van der Waals surface area (Å²) in [6, 6.07) is 15.5. The number of halogens is 1. The van der Waals surface area contributed by atoms with Crippen molar-refractivity contribution in [3.8, 4) is 0 Å². The number of aromatic nitrogens is 2. The molecule has 8 nitrogen and oxygen atoms in total. The number of hydrogen-bond donors (Lipinski definition) is 1. The number of piperazine rings is 1. The lowest BCUT2D eigenvalue weighted by Gasteiger charge is -2.35. The quantitative estimate of drug-likeness (QED) is 0.453. The van der Waals surface area contributed by atoms with E-state index in [2.05, 4.69) is 19.6 Å². The van der Waals surface area contributed by atoms with Gasteiger partial charge in [-0.3, -0.25) is 9.52 Å². The van der Waals surface area contributed by atoms with Gasteiger partial charge in [0.1, 0.15) is 11.6 Å². The highest BCUT2D eigenvalue weighted by Gasteiger charge is 2.23. The van der Waals surface area contributed by atoms with Gasteiger partial charge in [-0.1, -0.05) is 17.4 Å². The number of carbonyl (C=O) groups is 1. The molecule has 174 valence electrons. The third-order valence-corrected chi connectivity index (χ3v) is 7.94. The molecule has 0 radical (unpaired) electrons. The largest absolute Gasteiger partial charge is 0.353 e. The minimum Gasteiger partial charge on any atom is -0.353 e. The summed E-state index contributed by atoms with van der Waals surface area (Å²) in [5.74, 6) is 0.301. The van der Waals surface area contributed by atoms with Crippen LogP contribution in [0.1, 0.15) is 10.4 Å². The predicted octanol–water partition coefficient (Wildman–Crippen LogP) is 3.59. The normalized spacial score (nSPS) is 14.4. The molecule has 1 fully saturated rings. The molecular formula is C23H20FN5O3S2. The van der Waals surface area contributed by atoms with Crippen LogP contribution in [0.25, 0.3) is 10.2 Å². The van der Waals surface area contributed by atoms with Crippen LogP contribution in [-0.2, 0) is 10.0 Å². The Morgan fingerprint density at radius 1 is 1.00 bits per heavy atom. The molecule has 0 saturated carbocycles. The van der Waals surface area contributed by atoms with Gasteiger partial charge in [0.05, 0.1) is 15.1 Å². The second-order valence-electron chi connectivity index (χ2n) is 7.73. The van der Waals surface area contributed by atoms with Gasteiger partial charge in [0, 0.05) is 37.9 Å². The average molecular weight is 498 g/mol. The van der Waals surface area contributed by atoms with Crippen molar-refractivity contribution in [1.82, 2.24) is 14.9 Å². The maximum atomic E-state index is 13.1. The first-order valence-corrected chi connectivity index (χ1v) is 12.8. The number of anilines is 2. The summed E-state index contributed by atoms with van der Waals surface area (Å²) in [5.41, 5.74) is 1.11. The number of carbonyl (C=O) groups excluding carboxylic acids is 1. The van der Waals surface area contributed by atoms with Gasteiger partial charge in [-0.15, -0.1) is 0 Å². The van der Waals surface area contributed by atoms with Crippen molar-refractivity contribution in [2.24, 2.45) is 0 Å². The van der Waals surface area contributed by atoms with E-state index in [0.29, 0.717) is 42.0 Å². The fourth-order valence-electron chi connectivity index (χ4n) is 3.75. The average Bonchev–Trinajstić information content (AvgIpc) is 3.25. The monoisotopic (exact) mass is 497 g/mol. The zero-order valence-electron chi connectivity index (χ0n) is 17.9. The van der Waals surface area contributed by atoms with Crippen molar-refractivity contribution >= 4 is 48.4 Å². The molecule has 2 aromatic carbocycles. The SMILES string of the molecule is O=C(c1ccc2nc(NS(=O)(=O)c3ccc(F)cc3)sc2c1)N1CCN(c2ccccn2)CC1. The van der Waals surface area contributed by atoms with E-state index in [4.69, 9.17) is 0 Å². The Balaban J connectivity index is 1.29. The van der Waals surface area contributed by atoms with Crippen molar-refractivity contribution in [2.75, 3.05) is 35.8 Å². The van der Waals surface area contributed by atoms with Gasteiger partial charge >= 0.3 is 0 Å². The van der Waals surface area contributed by atoms with E-state index in [9.17, 15) is 17.6 Å². The lowest BCUT2D eigenvalue weighted by Crippen LogP contribution is -2.49. The van der Waals surface area contributed by atoms with Crippen LogP contribution in [0.2, 0.25) is 0 Å². The summed E-state index contributed by atoms with van der Waals surface area (Å²) in [6.07, 6.45) is 1.76. The standard InChI is InChI=1S/C23H20FN5O3S2/c24-17-5-7-18(8-6-17)34(31,32)27-23-26-19-9-4-16(15-20(19)33-23)22(30)29-13-11-28(12-14-29)21-3-1-2-10-25-21/h1-10,15H,11-14H2,(H,26,27). The van der Waals surface area contributed by atoms with Gasteiger partial charge in [-0.25, -0.2) is 22.8 Å². The molecule has 0 bridgehead atoms. The highest BCUT2D eigenvalue weighted by Crippen LogP contribution is 2.29. The molecule has 0 spiro atoms. The van der Waals surface area contributed by atoms with Crippen LogP contribution in [0.15, 0.2) is 71.8 Å². The molecule has 11 heteroatoms. The fraction of sp³-hybridized carbons (Fsp3) is 0.174. The van der Waals surface area contributed by atoms with Crippen molar-refractivity contribution in [3.05, 3.63) is 78.2 Å². The van der Waals surface area contributed by atoms with Gasteiger partial charge < -0.3 is 9.80 Å². The number of pyridine rings is 1. The topological polar surface area (TPSA) is 95.5 Å². The van der Waals surface area contributed by atoms with Crippen LogP contribution >= 0.6 is 11.3 Å². The number of hydrogen-bond acceptors (Lipinski definition) is 7. The zero-order chi connectivity index (χ0) is 23.7. The van der Waals surface area contributed by atoms with Crippen molar-refractivity contribution in [3.63, 3.8) is 0 Å². The molecule has 1 aliphatic heterocycles. The molecule has 1 N–H and O–H groups in total. The molecule has 1 saturated heterocycles. The summed E-state index contributed by atoms with van der Waals surface area (Å²) in [6.45, 7) is 2.56. The third kappa shape index (κ3) is 4.57. The van der Waals surface area contributed by atoms with E-state index in [1.807, 2.05) is 18.2 Å². The molecule has 0 unspecified atom stereocenters. The molecule has 0 aliphatic carbocycles. The number of benzene rings is 2. The van der Waals surface area contributed by atoms with Crippen LogP contribution in [0.4, 0.5) is 15.3 Å². The first-order chi connectivity index (χ1) is 16.4. The second kappa shape index (κ2) is 8.99. The highest BCUT2D eigenvalue weighted by atomic mass is 32.2. The number of amides is 1. The van der Waals surface area contributed by atoms with E-state index in [-0.39, 0.29) is 15.9 Å². The Bertz CT molecular complexity index is 1430. The number of fused-ring (bicyclic) bond motifs is 1. The summed E-state index contributed by atoms with van der Waals surface area (Å²) in [7, 11) is -3.90. The first kappa shape index (κ1) is 22.2. The fourth-order valence-corrected chi connectivity index (χ4v) is 5.89. The Morgan fingerprint density at radius 2 is 1.76 bits per heavy atom. The van der Waals surface area contributed by atoms with Gasteiger partial charge in [-0.2, -0.15) is 0 Å². The van der Waals surface area contributed by atoms with Crippen LogP contribution < -0.4 is 9.62 Å². The minimum absolute atomic E-state index is 0.0612. The number of thiazole rings is 1. The lowest BCUT2D eigenvalue weighted by atomic mass is 10.1. The van der Waals surface area contributed by atoms with Gasteiger partial charge in [-0.05, 0) is 54.6 Å². The van der Waals surface area contributed by atoms with E-state index < -0.39 is 15.8 Å². The van der Waals surface area contributed by atoms with Crippen LogP contribution in [0.5, 0.6) is 0 Å². The Kier molecular flexibility index (Phi) is 5.88. The van der Waals surface area contributed by atoms with Gasteiger partial charge in [0.25, 0.3) is 15.9 Å². The molecule has 5 rings (SSSR count). The summed E-state index contributed by atoms with van der Waals surface area (Å²) >= 11 is 1.14. The maximum absolute atomic E-state index is 13.1. The summed E-state index contributed by atoms with van der Waals surface area (Å²) < 4.78 is 41.4. The van der Waals surface area contributed by atoms with Crippen LogP contribution in [0, 0.1) is 5.82 Å². The molecule has 2 aromatic heterocycles. The van der Waals surface area contributed by atoms with Crippen LogP contribution in [-0.4, -0.2) is 55.4 Å². The molecule has 4 aromatic rings. The Labute approximate surface area is 199 Å². The second-order valence-corrected chi connectivity index (χ2v) is 10.4. The molecule has 1 amide bonds. The van der Waals surface area contributed by atoms with E-state index in [0.717, 1.165) is 29.3 Å². The Hall–Kier alpha value is -3.57. The van der Waals surface area contributed by atoms with E-state index >= 15 is 0 Å². The minimum atomic E-state index is -3.90. The van der Waals surface area contributed by atoms with Crippen molar-refractivity contribution in [1.29, 1.82) is 0 Å². The van der Waals surface area contributed by atoms with Gasteiger partial charge in [0.15, 0.2) is 5.13 Å². The first-order valence-electron chi connectivity index (χ1n) is 10.5. The summed E-state index contributed by atoms with van der Waals surface area (Å²) in [5, 5.41) is 0.174. The van der Waals surface area contributed by atoms with Crippen molar-refractivity contribution < 1.29 is 17.6 Å². The Morgan fingerprint density at radius 3 is 2.47 bits per heavy atom. The number of nitrogens with zero attached hydrogens (tertiary/aromatic N) is 4. The molecule has 34 heavy (non-hydrogen) atoms. The summed E-state index contributed by atoms with van der Waals surface area (Å²) in [4.78, 5) is 25.6. The molecule has 3 heterocycles. The number of rotatable bonds is 5. The zero-order valence-corrected chi connectivity index (χ0v) is 19.5. The van der Waals surface area contributed by atoms with E-state index in [1.54, 1.807) is 29.3 Å². The number of sulfonamides is 1. The smallest absolute Gasteiger partial charge is 0.263 e. The lowest BCUT2D eigenvalue weighted by molar-refractivity contribution is 0.0746. The molecule has 0 atom stereocenters. The third-order valence-electron chi connectivity index (χ3n) is 5.52. The predicted molar refractivity (Wildman–Crippen MR) is 129 cm³/mol. The highest BCUT2D eigenvalue weighted by molar-refractivity contribution is 7.93. The number of nitrogens with one attached hydrogen (secondary N) is 1. The maximum Gasteiger partial charge on any atom is 0.263 e. The van der Waals surface area contributed by atoms with Crippen molar-refractivity contribution in [2.45, 2.75) is 4.90 Å². The van der Waals surface area contributed by atoms with Crippen LogP contribution in [0.3, 0.4) is 0 Å². The van der Waals surface area contributed by atoms with E-state index in [1.165, 1.54) is 12.1 Å². The van der Waals surface area contributed by atoms with Gasteiger partial charge in [0.2, 0.25) is 0 Å².